The van der Waals surface area contributed by atoms with Crippen LogP contribution in [0, 0.1) is 11.7 Å². The number of nitrogens with one attached hydrogen (secondary N) is 1. The third-order valence-electron chi connectivity index (χ3n) is 4.79. The lowest BCUT2D eigenvalue weighted by atomic mass is 9.85. The summed E-state index contributed by atoms with van der Waals surface area (Å²) in [5, 5.41) is 9.30. The molecule has 1 heterocycles. The number of halogens is 2. The average molecular weight is 427 g/mol. The zero-order valence-corrected chi connectivity index (χ0v) is 16.7. The van der Waals surface area contributed by atoms with Crippen molar-refractivity contribution in [2.75, 3.05) is 13.7 Å². The average Bonchev–Trinajstić information content (AvgIpc) is 2.72. The number of amides is 1. The molecular formula is C19H20ClFN2O4S. The smallest absolute Gasteiger partial charge is 0.248 e. The Balaban J connectivity index is 2.01. The Morgan fingerprint density at radius 1 is 1.36 bits per heavy atom. The molecule has 1 amide bonds. The molecule has 6 nitrogen and oxygen atoms in total. The van der Waals surface area contributed by atoms with Crippen LogP contribution in [0.15, 0.2) is 47.4 Å². The number of benzene rings is 2. The summed E-state index contributed by atoms with van der Waals surface area (Å²) in [6, 6.07) is 10.00. The molecule has 2 aromatic rings. The number of carbonyl (C=O) groups excluding carboxylic acids is 1. The lowest BCUT2D eigenvalue weighted by Crippen LogP contribution is -2.47. The van der Waals surface area contributed by atoms with Crippen LogP contribution < -0.4 is 10.2 Å². The number of ether oxygens (including phenoxy) is 1. The molecule has 0 aromatic heterocycles. The van der Waals surface area contributed by atoms with Gasteiger partial charge in [0.25, 0.3) is 0 Å². The predicted octanol–water partition coefficient (Wildman–Crippen LogP) is 3.47. The first kappa shape index (κ1) is 20.9. The normalized spacial score (nSPS) is 21.2. The van der Waals surface area contributed by atoms with Crippen LogP contribution in [0.1, 0.15) is 24.4 Å². The molecule has 1 fully saturated rings. The van der Waals surface area contributed by atoms with Crippen molar-refractivity contribution >= 4 is 28.9 Å². The lowest BCUT2D eigenvalue weighted by Gasteiger charge is -2.39. The third-order valence-corrected chi connectivity index (χ3v) is 6.63. The van der Waals surface area contributed by atoms with Crippen molar-refractivity contribution in [1.82, 2.24) is 9.79 Å². The molecule has 150 valence electrons. The summed E-state index contributed by atoms with van der Waals surface area (Å²) in [7, 11) is 1.54. The summed E-state index contributed by atoms with van der Waals surface area (Å²) >= 11 is 4.66. The Labute approximate surface area is 170 Å². The predicted molar refractivity (Wildman–Crippen MR) is 103 cm³/mol. The number of methoxy groups -OCH3 is 1. The van der Waals surface area contributed by atoms with Crippen LogP contribution in [-0.4, -0.2) is 33.6 Å². The van der Waals surface area contributed by atoms with Gasteiger partial charge in [-0.3, -0.25) is 10.0 Å². The fraction of sp³-hybridized carbons (Fsp3) is 0.316. The number of hydroxylamine groups is 1. The van der Waals surface area contributed by atoms with Gasteiger partial charge in [0.2, 0.25) is 5.91 Å². The molecule has 1 saturated heterocycles. The van der Waals surface area contributed by atoms with Crippen LogP contribution in [0.5, 0.6) is 5.75 Å². The number of piperidine rings is 1. The van der Waals surface area contributed by atoms with Gasteiger partial charge in [-0.15, -0.1) is 4.31 Å². The van der Waals surface area contributed by atoms with Gasteiger partial charge in [0.15, 0.2) is 4.90 Å². The van der Waals surface area contributed by atoms with Crippen molar-refractivity contribution < 1.29 is 23.7 Å². The van der Waals surface area contributed by atoms with Crippen molar-refractivity contribution in [3.8, 4) is 5.75 Å². The zero-order chi connectivity index (χ0) is 20.3. The monoisotopic (exact) mass is 426 g/mol. The van der Waals surface area contributed by atoms with Gasteiger partial charge in [-0.05, 0) is 54.8 Å². The highest BCUT2D eigenvalue weighted by Crippen LogP contribution is 2.42. The highest BCUT2D eigenvalue weighted by Gasteiger charge is 2.44. The Morgan fingerprint density at radius 3 is 2.68 bits per heavy atom. The molecule has 9 heteroatoms. The number of hydrogen-bond acceptors (Lipinski definition) is 5. The molecule has 3 atom stereocenters. The van der Waals surface area contributed by atoms with E-state index in [-0.39, 0.29) is 5.02 Å². The van der Waals surface area contributed by atoms with E-state index in [1.807, 2.05) is 0 Å². The molecule has 1 aliphatic heterocycles. The molecule has 0 bridgehead atoms. The summed E-state index contributed by atoms with van der Waals surface area (Å²) in [4.78, 5) is 12.8. The van der Waals surface area contributed by atoms with Crippen LogP contribution >= 0.6 is 11.6 Å². The van der Waals surface area contributed by atoms with Crippen molar-refractivity contribution in [2.45, 2.75) is 23.8 Å². The summed E-state index contributed by atoms with van der Waals surface area (Å²) in [5.41, 5.74) is 2.17. The number of rotatable bonds is 5. The quantitative estimate of drug-likeness (QED) is 0.434. The molecule has 0 saturated carbocycles. The molecule has 3 rings (SSSR count). The fourth-order valence-corrected chi connectivity index (χ4v) is 5.13. The van der Waals surface area contributed by atoms with Gasteiger partial charge < -0.3 is 9.29 Å². The van der Waals surface area contributed by atoms with Crippen molar-refractivity contribution in [3.63, 3.8) is 0 Å². The van der Waals surface area contributed by atoms with E-state index in [4.69, 9.17) is 21.5 Å². The van der Waals surface area contributed by atoms with Gasteiger partial charge in [-0.25, -0.2) is 9.87 Å². The van der Waals surface area contributed by atoms with Crippen molar-refractivity contribution in [1.29, 1.82) is 0 Å². The standard InChI is InChI=1S/C19H20ClFN2O4S/c1-27-13-5-7-14(8-6-13)28(26)23-10-2-3-16(19(24)22-25)18(23)15-9-4-12(21)11-17(15)20/h4-9,11,16,18,25H,2-3,10H2,1H3,(H,22,24)/t16-,18-,28?/m1/s1. The maximum absolute atomic E-state index is 13.5. The summed E-state index contributed by atoms with van der Waals surface area (Å²) in [5.74, 6) is -1.16. The Hall–Kier alpha value is -1.84. The molecule has 1 aliphatic rings. The first-order valence-corrected chi connectivity index (χ1v) is 10.2. The fourth-order valence-electron chi connectivity index (χ4n) is 3.45. The van der Waals surface area contributed by atoms with Crippen LogP contribution in [0.3, 0.4) is 0 Å². The highest BCUT2D eigenvalue weighted by molar-refractivity contribution is 7.89. The van der Waals surface area contributed by atoms with Gasteiger partial charge in [-0.1, -0.05) is 17.7 Å². The Kier molecular flexibility index (Phi) is 6.79. The van der Waals surface area contributed by atoms with Gasteiger partial charge in [0.1, 0.15) is 11.6 Å². The molecular weight excluding hydrogens is 407 g/mol. The zero-order valence-electron chi connectivity index (χ0n) is 15.1. The molecule has 0 aliphatic carbocycles. The van der Waals surface area contributed by atoms with Gasteiger partial charge in [0, 0.05) is 11.6 Å². The minimum atomic E-state index is -1.60. The molecule has 0 spiro atoms. The topological polar surface area (TPSA) is 84.9 Å². The summed E-state index contributed by atoms with van der Waals surface area (Å²) in [6.07, 6.45) is 1.08. The van der Waals surface area contributed by atoms with E-state index in [0.717, 1.165) is 6.07 Å². The van der Waals surface area contributed by atoms with E-state index in [9.17, 15) is 13.7 Å². The largest absolute Gasteiger partial charge is 0.593 e. The molecule has 2 N–H and O–H groups in total. The first-order valence-electron chi connectivity index (χ1n) is 8.67. The van der Waals surface area contributed by atoms with E-state index in [0.29, 0.717) is 35.6 Å². The Morgan fingerprint density at radius 2 is 2.07 bits per heavy atom. The van der Waals surface area contributed by atoms with Crippen LogP contribution in [0.4, 0.5) is 4.39 Å². The van der Waals surface area contributed by atoms with Gasteiger partial charge in [-0.2, -0.15) is 0 Å². The number of nitrogens with zero attached hydrogens (tertiary/aromatic N) is 1. The van der Waals surface area contributed by atoms with E-state index < -0.39 is 35.0 Å². The molecule has 28 heavy (non-hydrogen) atoms. The molecule has 2 aromatic carbocycles. The second kappa shape index (κ2) is 9.11. The van der Waals surface area contributed by atoms with Crippen LogP contribution in [-0.2, 0) is 16.2 Å². The van der Waals surface area contributed by atoms with Crippen LogP contribution in [0.25, 0.3) is 0 Å². The Bertz CT molecular complexity index is 839. The van der Waals surface area contributed by atoms with E-state index in [1.165, 1.54) is 12.1 Å². The van der Waals surface area contributed by atoms with Crippen molar-refractivity contribution in [3.05, 3.63) is 58.9 Å². The maximum Gasteiger partial charge on any atom is 0.248 e. The highest BCUT2D eigenvalue weighted by atomic mass is 35.5. The first-order chi connectivity index (χ1) is 13.5. The molecule has 1 unspecified atom stereocenters. The van der Waals surface area contributed by atoms with Crippen molar-refractivity contribution in [2.24, 2.45) is 5.92 Å². The summed E-state index contributed by atoms with van der Waals surface area (Å²) in [6.45, 7) is 0.451. The SMILES string of the molecule is COc1ccc([S+]([O-])N2CCC[C@@H](C(=O)NO)[C@H]2c2ccc(F)cc2Cl)cc1. The van der Waals surface area contributed by atoms with E-state index in [1.54, 1.807) is 41.2 Å². The maximum atomic E-state index is 13.5. The number of hydrogen-bond donors (Lipinski definition) is 2. The van der Waals surface area contributed by atoms with Gasteiger partial charge in [0.05, 0.1) is 30.4 Å². The second-order valence-corrected chi connectivity index (χ2v) is 8.25. The van der Waals surface area contributed by atoms with E-state index in [2.05, 4.69) is 0 Å². The van der Waals surface area contributed by atoms with E-state index >= 15 is 0 Å². The minimum absolute atomic E-state index is 0.138. The number of carbonyl (C=O) groups is 1. The summed E-state index contributed by atoms with van der Waals surface area (Å²) < 4.78 is 33.6. The second-order valence-electron chi connectivity index (χ2n) is 6.40. The lowest BCUT2D eigenvalue weighted by molar-refractivity contribution is -0.136. The third kappa shape index (κ3) is 4.26. The van der Waals surface area contributed by atoms with Gasteiger partial charge >= 0.3 is 0 Å². The minimum Gasteiger partial charge on any atom is -0.593 e. The van der Waals surface area contributed by atoms with Crippen LogP contribution in [0.2, 0.25) is 5.02 Å². The molecule has 0 radical (unpaired) electrons.